The zero-order valence-electron chi connectivity index (χ0n) is 8.96. The maximum Gasteiger partial charge on any atom is 0.0710 e. The number of nitrogen functional groups attached to an aromatic ring is 1. The van der Waals surface area contributed by atoms with Gasteiger partial charge in [-0.05, 0) is 31.5 Å². The van der Waals surface area contributed by atoms with Crippen LogP contribution >= 0.6 is 27.7 Å². The second kappa shape index (κ2) is 5.23. The molecule has 0 radical (unpaired) electrons. The molecule has 1 aromatic carbocycles. The zero-order valence-corrected chi connectivity index (χ0v) is 11.4. The summed E-state index contributed by atoms with van der Waals surface area (Å²) in [4.78, 5) is 1.01. The van der Waals surface area contributed by atoms with Crippen molar-refractivity contribution in [1.29, 1.82) is 0 Å². The van der Waals surface area contributed by atoms with Crippen LogP contribution in [0.3, 0.4) is 0 Å². The van der Waals surface area contributed by atoms with E-state index in [2.05, 4.69) is 15.9 Å². The summed E-state index contributed by atoms with van der Waals surface area (Å²) in [6.07, 6.45) is 0.744. The molecule has 0 bridgehead atoms. The second-order valence-electron chi connectivity index (χ2n) is 3.82. The van der Waals surface area contributed by atoms with E-state index in [4.69, 9.17) is 5.73 Å². The Morgan fingerprint density at radius 1 is 1.53 bits per heavy atom. The van der Waals surface area contributed by atoms with Gasteiger partial charge in [0.15, 0.2) is 0 Å². The fraction of sp³-hybridized carbons (Fsp3) is 0.455. The fourth-order valence-corrected chi connectivity index (χ4v) is 2.60. The second-order valence-corrected chi connectivity index (χ2v) is 5.75. The van der Waals surface area contributed by atoms with E-state index in [0.717, 1.165) is 21.5 Å². The fourth-order valence-electron chi connectivity index (χ4n) is 0.968. The molecule has 84 valence electrons. The van der Waals surface area contributed by atoms with Crippen LogP contribution in [0, 0.1) is 0 Å². The minimum absolute atomic E-state index is 0.626. The molecule has 0 aromatic heterocycles. The number of anilines is 1. The van der Waals surface area contributed by atoms with Gasteiger partial charge in [-0.2, -0.15) is 0 Å². The molecule has 0 spiro atoms. The van der Waals surface area contributed by atoms with Gasteiger partial charge in [0.2, 0.25) is 0 Å². The summed E-state index contributed by atoms with van der Waals surface area (Å²) < 4.78 is 1.01. The summed E-state index contributed by atoms with van der Waals surface area (Å²) in [7, 11) is 0. The topological polar surface area (TPSA) is 46.2 Å². The summed E-state index contributed by atoms with van der Waals surface area (Å²) in [5, 5.41) is 9.87. The molecule has 0 fully saturated rings. The first-order valence-electron chi connectivity index (χ1n) is 4.85. The lowest BCUT2D eigenvalue weighted by atomic mass is 10.1. The van der Waals surface area contributed by atoms with Gasteiger partial charge in [0.1, 0.15) is 0 Å². The highest BCUT2D eigenvalue weighted by molar-refractivity contribution is 9.10. The Hall–Kier alpha value is -0.190. The molecule has 0 saturated carbocycles. The summed E-state index contributed by atoms with van der Waals surface area (Å²) in [5.41, 5.74) is 5.97. The van der Waals surface area contributed by atoms with Crippen molar-refractivity contribution in [2.24, 2.45) is 0 Å². The molecule has 1 aromatic rings. The van der Waals surface area contributed by atoms with Gasteiger partial charge in [0.25, 0.3) is 0 Å². The van der Waals surface area contributed by atoms with Crippen LogP contribution in [-0.2, 0) is 0 Å². The van der Waals surface area contributed by atoms with Crippen molar-refractivity contribution in [3.63, 3.8) is 0 Å². The Bertz CT molecular complexity index is 341. The lowest BCUT2D eigenvalue weighted by molar-refractivity contribution is 0.0816. The summed E-state index contributed by atoms with van der Waals surface area (Å²) in [5.74, 6) is 0.657. The molecule has 0 heterocycles. The van der Waals surface area contributed by atoms with Gasteiger partial charge in [-0.25, -0.2) is 0 Å². The van der Waals surface area contributed by atoms with Crippen molar-refractivity contribution in [3.05, 3.63) is 22.7 Å². The SMILES string of the molecule is CCC(C)(O)CSc1cc(Br)ccc1N. The smallest absolute Gasteiger partial charge is 0.0710 e. The van der Waals surface area contributed by atoms with Gasteiger partial charge in [-0.15, -0.1) is 11.8 Å². The number of thioether (sulfide) groups is 1. The number of hydrogen-bond donors (Lipinski definition) is 2. The van der Waals surface area contributed by atoms with E-state index < -0.39 is 5.60 Å². The summed E-state index contributed by atoms with van der Waals surface area (Å²) in [6, 6.07) is 5.76. The number of rotatable bonds is 4. The van der Waals surface area contributed by atoms with E-state index in [0.29, 0.717) is 5.75 Å². The molecule has 1 unspecified atom stereocenters. The third kappa shape index (κ3) is 4.05. The highest BCUT2D eigenvalue weighted by atomic mass is 79.9. The van der Waals surface area contributed by atoms with Gasteiger partial charge in [-0.1, -0.05) is 22.9 Å². The van der Waals surface area contributed by atoms with Gasteiger partial charge < -0.3 is 10.8 Å². The lowest BCUT2D eigenvalue weighted by Crippen LogP contribution is -2.25. The van der Waals surface area contributed by atoms with E-state index >= 15 is 0 Å². The van der Waals surface area contributed by atoms with Crippen LogP contribution in [0.5, 0.6) is 0 Å². The zero-order chi connectivity index (χ0) is 11.5. The summed E-state index contributed by atoms with van der Waals surface area (Å²) >= 11 is 4.99. The molecule has 0 aliphatic carbocycles. The maximum absolute atomic E-state index is 9.87. The Labute approximate surface area is 103 Å². The normalized spacial score (nSPS) is 14.9. The van der Waals surface area contributed by atoms with Crippen molar-refractivity contribution in [3.8, 4) is 0 Å². The third-order valence-corrected chi connectivity index (χ3v) is 4.20. The van der Waals surface area contributed by atoms with E-state index in [-0.39, 0.29) is 0 Å². The minimum atomic E-state index is -0.626. The highest BCUT2D eigenvalue weighted by Crippen LogP contribution is 2.31. The quantitative estimate of drug-likeness (QED) is 0.661. The minimum Gasteiger partial charge on any atom is -0.398 e. The average Bonchev–Trinajstić information content (AvgIpc) is 2.20. The molecule has 15 heavy (non-hydrogen) atoms. The Morgan fingerprint density at radius 2 is 2.20 bits per heavy atom. The molecule has 4 heteroatoms. The first kappa shape index (κ1) is 12.9. The van der Waals surface area contributed by atoms with Crippen LogP contribution in [0.4, 0.5) is 5.69 Å². The van der Waals surface area contributed by atoms with Crippen LogP contribution in [0.15, 0.2) is 27.6 Å². The lowest BCUT2D eigenvalue weighted by Gasteiger charge is -2.20. The number of halogens is 1. The maximum atomic E-state index is 9.87. The van der Waals surface area contributed by atoms with Gasteiger partial charge in [-0.3, -0.25) is 0 Å². The monoisotopic (exact) mass is 289 g/mol. The van der Waals surface area contributed by atoms with Gasteiger partial charge >= 0.3 is 0 Å². The van der Waals surface area contributed by atoms with Crippen molar-refractivity contribution in [1.82, 2.24) is 0 Å². The third-order valence-electron chi connectivity index (χ3n) is 2.28. The van der Waals surface area contributed by atoms with E-state index in [1.54, 1.807) is 11.8 Å². The molecule has 1 rings (SSSR count). The molecule has 2 nitrogen and oxygen atoms in total. The number of benzene rings is 1. The van der Waals surface area contributed by atoms with E-state index in [1.807, 2.05) is 32.0 Å². The number of nitrogens with two attached hydrogens (primary N) is 1. The standard InChI is InChI=1S/C11H16BrNOS/c1-3-11(2,14)7-15-10-6-8(12)4-5-9(10)13/h4-6,14H,3,7,13H2,1-2H3. The first-order chi connectivity index (χ1) is 6.94. The van der Waals surface area contributed by atoms with E-state index in [9.17, 15) is 5.11 Å². The Kier molecular flexibility index (Phi) is 4.49. The molecule has 3 N–H and O–H groups in total. The van der Waals surface area contributed by atoms with Crippen LogP contribution in [0.25, 0.3) is 0 Å². The van der Waals surface area contributed by atoms with Gasteiger partial charge in [0.05, 0.1) is 5.60 Å². The molecule has 0 aliphatic rings. The van der Waals surface area contributed by atoms with Gasteiger partial charge in [0, 0.05) is 20.8 Å². The van der Waals surface area contributed by atoms with Crippen molar-refractivity contribution in [2.75, 3.05) is 11.5 Å². The predicted octanol–water partition coefficient (Wildman–Crippen LogP) is 3.28. The molecule has 1 atom stereocenters. The van der Waals surface area contributed by atoms with Crippen molar-refractivity contribution < 1.29 is 5.11 Å². The van der Waals surface area contributed by atoms with Crippen LogP contribution in [-0.4, -0.2) is 16.5 Å². The molecule has 0 amide bonds. The molecule has 0 aliphatic heterocycles. The highest BCUT2D eigenvalue weighted by Gasteiger charge is 2.18. The first-order valence-corrected chi connectivity index (χ1v) is 6.62. The average molecular weight is 290 g/mol. The molecular weight excluding hydrogens is 274 g/mol. The Balaban J connectivity index is 2.69. The number of aliphatic hydroxyl groups is 1. The molecular formula is C11H16BrNOS. The number of hydrogen-bond acceptors (Lipinski definition) is 3. The van der Waals surface area contributed by atoms with E-state index in [1.165, 1.54) is 0 Å². The van der Waals surface area contributed by atoms with Crippen LogP contribution < -0.4 is 5.73 Å². The van der Waals surface area contributed by atoms with Crippen LogP contribution in [0.1, 0.15) is 20.3 Å². The van der Waals surface area contributed by atoms with Crippen molar-refractivity contribution in [2.45, 2.75) is 30.8 Å². The van der Waals surface area contributed by atoms with Crippen molar-refractivity contribution >= 4 is 33.4 Å². The summed E-state index contributed by atoms with van der Waals surface area (Å²) in [6.45, 7) is 3.82. The predicted molar refractivity (Wildman–Crippen MR) is 70.2 cm³/mol. The van der Waals surface area contributed by atoms with Crippen LogP contribution in [0.2, 0.25) is 0 Å². The molecule has 0 saturated heterocycles. The largest absolute Gasteiger partial charge is 0.398 e. The Morgan fingerprint density at radius 3 is 2.80 bits per heavy atom.